The third kappa shape index (κ3) is 6.40. The Morgan fingerprint density at radius 1 is 1.88 bits per heavy atom. The van der Waals surface area contributed by atoms with Crippen LogP contribution in [-0.4, -0.2) is 64.6 Å². The first-order chi connectivity index (χ1) is 3.31. The minimum absolute atomic E-state index is 0. The van der Waals surface area contributed by atoms with E-state index in [0.29, 0.717) is 0 Å². The van der Waals surface area contributed by atoms with Crippen molar-refractivity contribution in [2.45, 2.75) is 0 Å². The number of hydrogen-bond acceptors (Lipinski definition) is 3. The van der Waals surface area contributed by atoms with Crippen molar-refractivity contribution >= 4 is 57.5 Å². The van der Waals surface area contributed by atoms with E-state index in [0.717, 1.165) is 0 Å². The topological polar surface area (TPSA) is 62.1 Å². The molecule has 0 fully saturated rings. The number of hydrogen-bond donors (Lipinski definition) is 1. The maximum absolute atomic E-state index is 9.86. The minimum atomic E-state index is -0.734. The summed E-state index contributed by atoms with van der Waals surface area (Å²) >= 11 is 0. The third-order valence-corrected chi connectivity index (χ3v) is 0.343. The van der Waals surface area contributed by atoms with Gasteiger partial charge in [0.25, 0.3) is 0 Å². The second kappa shape index (κ2) is 7.40. The third-order valence-electron chi connectivity index (χ3n) is 0.343. The number of nitriles is 1. The summed E-state index contributed by atoms with van der Waals surface area (Å²) in [6, 6.07) is 0. The molecule has 40 valence electrons. The zero-order valence-electron chi connectivity index (χ0n) is 3.76. The Morgan fingerprint density at radius 3 is 2.50 bits per heavy atom. The Bertz CT molecular complexity index is 108. The van der Waals surface area contributed by atoms with Crippen molar-refractivity contribution < 1.29 is 9.53 Å². The van der Waals surface area contributed by atoms with Crippen LogP contribution in [0.3, 0.4) is 0 Å². The van der Waals surface area contributed by atoms with Crippen LogP contribution in [0.25, 0.3) is 0 Å². The molecule has 1 amide bonds. The van der Waals surface area contributed by atoms with Crippen molar-refractivity contribution in [1.82, 2.24) is 5.32 Å². The maximum atomic E-state index is 9.86. The molecular formula is C3H5KN2O2. The Labute approximate surface area is 89.6 Å². The molecule has 0 aliphatic rings. The molecule has 0 aromatic heterocycles. The van der Waals surface area contributed by atoms with Crippen LogP contribution in [0.2, 0.25) is 0 Å². The first-order valence-corrected chi connectivity index (χ1v) is 1.54. The number of rotatable bonds is 0. The molecule has 0 aromatic rings. The number of carbonyl (C=O) groups excluding carboxylic acids is 1. The average Bonchev–Trinajstić information content (AvgIpc) is 1.68. The molecule has 0 radical (unpaired) electrons. The molecule has 0 saturated carbocycles. The van der Waals surface area contributed by atoms with Crippen LogP contribution in [0.15, 0.2) is 0 Å². The van der Waals surface area contributed by atoms with Crippen molar-refractivity contribution in [3.63, 3.8) is 0 Å². The summed E-state index contributed by atoms with van der Waals surface area (Å²) < 4.78 is 4.02. The van der Waals surface area contributed by atoms with Gasteiger partial charge in [-0.25, -0.2) is 10.1 Å². The van der Waals surface area contributed by atoms with Gasteiger partial charge in [0.05, 0.1) is 7.11 Å². The Hall–Kier alpha value is 0.396. The van der Waals surface area contributed by atoms with Gasteiger partial charge in [0, 0.05) is 0 Å². The monoisotopic (exact) mass is 140 g/mol. The number of alkyl carbamates (subject to hydrolysis) is 1. The molecule has 0 spiro atoms. The molecule has 0 atom stereocenters. The summed E-state index contributed by atoms with van der Waals surface area (Å²) in [6.07, 6.45) is 0.660. The van der Waals surface area contributed by atoms with Gasteiger partial charge in [-0.15, -0.1) is 0 Å². The fourth-order valence-electron chi connectivity index (χ4n) is 0.0967. The van der Waals surface area contributed by atoms with E-state index < -0.39 is 6.09 Å². The van der Waals surface area contributed by atoms with Crippen molar-refractivity contribution in [1.29, 1.82) is 5.26 Å². The SMILES string of the molecule is COC(=O)NC#N.[KH]. The molecule has 0 heterocycles. The van der Waals surface area contributed by atoms with Gasteiger partial charge in [0.15, 0.2) is 6.19 Å². The van der Waals surface area contributed by atoms with Gasteiger partial charge >= 0.3 is 57.5 Å². The van der Waals surface area contributed by atoms with Gasteiger partial charge in [-0.3, -0.25) is 0 Å². The molecule has 0 aliphatic heterocycles. The molecule has 8 heavy (non-hydrogen) atoms. The quantitative estimate of drug-likeness (QED) is 0.271. The second-order valence-electron chi connectivity index (χ2n) is 0.728. The van der Waals surface area contributed by atoms with Crippen LogP contribution >= 0.6 is 0 Å². The summed E-state index contributed by atoms with van der Waals surface area (Å²) in [6.45, 7) is 0. The summed E-state index contributed by atoms with van der Waals surface area (Å²) in [5.41, 5.74) is 0. The molecule has 0 bridgehead atoms. The molecule has 0 saturated heterocycles. The molecular weight excluding hydrogens is 135 g/mol. The van der Waals surface area contributed by atoms with E-state index >= 15 is 0 Å². The van der Waals surface area contributed by atoms with Crippen LogP contribution in [-0.2, 0) is 4.74 Å². The van der Waals surface area contributed by atoms with Gasteiger partial charge in [-0.05, 0) is 0 Å². The molecule has 0 rings (SSSR count). The first kappa shape index (κ1) is 11.2. The van der Waals surface area contributed by atoms with Crippen molar-refractivity contribution in [2.24, 2.45) is 0 Å². The number of nitrogens with zero attached hydrogens (tertiary/aromatic N) is 1. The van der Waals surface area contributed by atoms with Crippen LogP contribution in [0.5, 0.6) is 0 Å². The number of ether oxygens (including phenoxy) is 1. The number of carbonyl (C=O) groups is 1. The molecule has 0 aromatic carbocycles. The Kier molecular flexibility index (Phi) is 10.4. The van der Waals surface area contributed by atoms with Gasteiger partial charge in [0.1, 0.15) is 0 Å². The van der Waals surface area contributed by atoms with Crippen molar-refractivity contribution in [3.05, 3.63) is 0 Å². The van der Waals surface area contributed by atoms with Crippen molar-refractivity contribution in [3.8, 4) is 6.19 Å². The van der Waals surface area contributed by atoms with Crippen LogP contribution < -0.4 is 5.32 Å². The predicted octanol–water partition coefficient (Wildman–Crippen LogP) is -0.825. The first-order valence-electron chi connectivity index (χ1n) is 1.54. The molecule has 4 nitrogen and oxygen atoms in total. The predicted molar refractivity (Wildman–Crippen MR) is 28.3 cm³/mol. The zero-order valence-corrected chi connectivity index (χ0v) is 3.76. The van der Waals surface area contributed by atoms with Crippen LogP contribution in [0.4, 0.5) is 4.79 Å². The van der Waals surface area contributed by atoms with Crippen LogP contribution in [0, 0.1) is 11.5 Å². The number of amides is 1. The van der Waals surface area contributed by atoms with E-state index in [1.807, 2.05) is 0 Å². The van der Waals surface area contributed by atoms with E-state index in [-0.39, 0.29) is 51.4 Å². The normalized spacial score (nSPS) is 5.50. The summed E-state index contributed by atoms with van der Waals surface area (Å²) in [7, 11) is 1.19. The molecule has 1 N–H and O–H groups in total. The van der Waals surface area contributed by atoms with Crippen molar-refractivity contribution in [2.75, 3.05) is 7.11 Å². The van der Waals surface area contributed by atoms with E-state index in [1.165, 1.54) is 13.3 Å². The molecule has 5 heteroatoms. The van der Waals surface area contributed by atoms with E-state index in [1.54, 1.807) is 5.32 Å². The number of nitrogens with one attached hydrogen (secondary N) is 1. The van der Waals surface area contributed by atoms with Gasteiger partial charge in [-0.1, -0.05) is 0 Å². The summed E-state index contributed by atoms with van der Waals surface area (Å²) in [5, 5.41) is 9.45. The average molecular weight is 140 g/mol. The summed E-state index contributed by atoms with van der Waals surface area (Å²) in [5.74, 6) is 0. The Balaban J connectivity index is 0. The van der Waals surface area contributed by atoms with Gasteiger partial charge in [-0.2, -0.15) is 5.26 Å². The molecule has 0 aliphatic carbocycles. The molecule has 0 unspecified atom stereocenters. The van der Waals surface area contributed by atoms with Gasteiger partial charge < -0.3 is 4.74 Å². The van der Waals surface area contributed by atoms with E-state index in [4.69, 9.17) is 5.26 Å². The number of methoxy groups -OCH3 is 1. The zero-order chi connectivity index (χ0) is 5.70. The van der Waals surface area contributed by atoms with Gasteiger partial charge in [0.2, 0.25) is 0 Å². The van der Waals surface area contributed by atoms with E-state index in [9.17, 15) is 4.79 Å². The van der Waals surface area contributed by atoms with Crippen LogP contribution in [0.1, 0.15) is 0 Å². The Morgan fingerprint density at radius 2 is 2.38 bits per heavy atom. The summed E-state index contributed by atoms with van der Waals surface area (Å²) in [4.78, 5) is 9.86. The fraction of sp³-hybridized carbons (Fsp3) is 0.333. The second-order valence-corrected chi connectivity index (χ2v) is 0.728. The fourth-order valence-corrected chi connectivity index (χ4v) is 0.0967. The standard InChI is InChI=1S/C3H4N2O2.K.H/c1-7-3(6)5-2-4;;/h1H3,(H,5,6);;. The van der Waals surface area contributed by atoms with E-state index in [2.05, 4.69) is 4.74 Å².